The van der Waals surface area contributed by atoms with Gasteiger partial charge in [-0.25, -0.2) is 15.0 Å². The minimum atomic E-state index is 0.888. The van der Waals surface area contributed by atoms with Gasteiger partial charge in [-0.1, -0.05) is 334 Å². The minimum Gasteiger partial charge on any atom is -0.309 e. The number of hydrogen-bond donors (Lipinski definition) is 0. The molecular weight excluding hydrogens is 1500 g/mol. The number of nitrogens with zero attached hydrogens (tertiary/aromatic N) is 7. The molecule has 0 radical (unpaired) electrons. The smallest absolute Gasteiger partial charge is 0.138 e. The summed E-state index contributed by atoms with van der Waals surface area (Å²) >= 11 is 0. The van der Waals surface area contributed by atoms with Crippen LogP contribution in [-0.4, -0.2) is 33.2 Å². The van der Waals surface area contributed by atoms with Crippen LogP contribution < -0.4 is 0 Å². The molecule has 0 N–H and O–H groups in total. The SMILES string of the molecule is c1ccc(-c2cc(-c3ccccc3)nc(-n3c4ccccc4c4cc(-c5ccc6c(c5)c5ccccc5n6-c5cc(-c6ccccc6)cc(-c6ccccc6)n5)ccc43)c2)cc1.c1ccc(-c2cc(-n3c4ccccc4c4cc(-c5ccc6c(c5)c5ccccc5n6-c5ccc6c7ccccc7c7ccccc7c6c5)ccc43)cc(-c3ccccc3)n2)cc1. The van der Waals surface area contributed by atoms with Gasteiger partial charge < -0.3 is 9.13 Å². The van der Waals surface area contributed by atoms with Crippen molar-refractivity contribution in [2.45, 2.75) is 0 Å². The molecule has 18 aromatic carbocycles. The minimum absolute atomic E-state index is 0.888. The van der Waals surface area contributed by atoms with Gasteiger partial charge in [0.25, 0.3) is 0 Å². The highest BCUT2D eigenvalue weighted by molar-refractivity contribution is 6.26. The number of hydrogen-bond acceptors (Lipinski definition) is 3. The fourth-order valence-corrected chi connectivity index (χ4v) is 19.2. The first kappa shape index (κ1) is 71.5. The van der Waals surface area contributed by atoms with Crippen LogP contribution in [0.15, 0.2) is 455 Å². The molecule has 124 heavy (non-hydrogen) atoms. The summed E-state index contributed by atoms with van der Waals surface area (Å²) in [6.45, 7) is 0. The molecule has 0 bridgehead atoms. The molecule has 0 saturated heterocycles. The number of aromatic nitrogens is 7. The van der Waals surface area contributed by atoms with Crippen molar-refractivity contribution in [2.75, 3.05) is 0 Å². The summed E-state index contributed by atoms with van der Waals surface area (Å²) < 4.78 is 9.49. The van der Waals surface area contributed by atoms with Gasteiger partial charge in [0, 0.05) is 71.0 Å². The highest BCUT2D eigenvalue weighted by Crippen LogP contribution is 2.45. The number of rotatable bonds is 12. The lowest BCUT2D eigenvalue weighted by Crippen LogP contribution is -2.00. The molecule has 0 spiro atoms. The normalized spacial score (nSPS) is 11.7. The topological polar surface area (TPSA) is 58.4 Å². The zero-order chi connectivity index (χ0) is 81.7. The Balaban J connectivity index is 0.000000139. The van der Waals surface area contributed by atoms with Crippen LogP contribution in [0.25, 0.3) is 232 Å². The summed E-state index contributed by atoms with van der Waals surface area (Å²) in [7, 11) is 0. The molecule has 7 aromatic heterocycles. The van der Waals surface area contributed by atoms with Crippen molar-refractivity contribution in [1.82, 2.24) is 33.2 Å². The van der Waals surface area contributed by atoms with Crippen LogP contribution in [0.5, 0.6) is 0 Å². The second-order valence-corrected chi connectivity index (χ2v) is 32.1. The third-order valence-electron chi connectivity index (χ3n) is 25.0. The molecular formula is C117H75N7. The van der Waals surface area contributed by atoms with E-state index in [9.17, 15) is 0 Å². The van der Waals surface area contributed by atoms with Gasteiger partial charge in [0.1, 0.15) is 11.6 Å². The molecule has 25 aromatic rings. The van der Waals surface area contributed by atoms with Crippen molar-refractivity contribution < 1.29 is 0 Å². The van der Waals surface area contributed by atoms with Gasteiger partial charge in [0.15, 0.2) is 0 Å². The molecule has 0 unspecified atom stereocenters. The summed E-state index contributed by atoms with van der Waals surface area (Å²) in [6, 6.07) is 164. The quantitative estimate of drug-likeness (QED) is 0.115. The van der Waals surface area contributed by atoms with Crippen molar-refractivity contribution in [2.24, 2.45) is 0 Å². The van der Waals surface area contributed by atoms with E-state index in [1.54, 1.807) is 0 Å². The molecule has 0 aliphatic heterocycles. The summed E-state index contributed by atoms with van der Waals surface area (Å²) in [6.07, 6.45) is 0. The Morgan fingerprint density at radius 1 is 0.121 bits per heavy atom. The molecule has 25 rings (SSSR count). The monoisotopic (exact) mass is 1580 g/mol. The number of fused-ring (bicyclic) bond motifs is 18. The molecule has 0 fully saturated rings. The first-order valence-corrected chi connectivity index (χ1v) is 42.4. The maximum atomic E-state index is 5.34. The summed E-state index contributed by atoms with van der Waals surface area (Å²) in [5.74, 6) is 1.78. The van der Waals surface area contributed by atoms with Crippen molar-refractivity contribution in [1.29, 1.82) is 0 Å². The van der Waals surface area contributed by atoms with Crippen LogP contribution in [0.3, 0.4) is 0 Å². The molecule has 0 aliphatic rings. The Morgan fingerprint density at radius 2 is 0.371 bits per heavy atom. The lowest BCUT2D eigenvalue weighted by atomic mass is 9.94. The Bertz CT molecular complexity index is 8070. The Hall–Kier alpha value is -16.6. The van der Waals surface area contributed by atoms with Crippen molar-refractivity contribution in [3.05, 3.63) is 455 Å². The third kappa shape index (κ3) is 12.2. The van der Waals surface area contributed by atoms with Gasteiger partial charge in [0.2, 0.25) is 0 Å². The number of para-hydroxylation sites is 4. The van der Waals surface area contributed by atoms with Crippen LogP contribution >= 0.6 is 0 Å². The van der Waals surface area contributed by atoms with Crippen LogP contribution in [0.4, 0.5) is 0 Å². The van der Waals surface area contributed by atoms with E-state index in [1.807, 2.05) is 0 Å². The predicted molar refractivity (Wildman–Crippen MR) is 520 cm³/mol. The van der Waals surface area contributed by atoms with Crippen molar-refractivity contribution in [3.8, 4) is 113 Å². The van der Waals surface area contributed by atoms with Crippen molar-refractivity contribution in [3.63, 3.8) is 0 Å². The van der Waals surface area contributed by atoms with E-state index in [2.05, 4.69) is 473 Å². The van der Waals surface area contributed by atoms with Crippen LogP contribution in [-0.2, 0) is 0 Å². The number of benzene rings is 18. The summed E-state index contributed by atoms with van der Waals surface area (Å²) in [5.41, 5.74) is 28.8. The molecule has 7 heteroatoms. The lowest BCUT2D eigenvalue weighted by Gasteiger charge is -2.14. The average molecular weight is 1580 g/mol. The fourth-order valence-electron chi connectivity index (χ4n) is 19.2. The van der Waals surface area contributed by atoms with E-state index in [0.29, 0.717) is 0 Å². The van der Waals surface area contributed by atoms with Gasteiger partial charge in [-0.15, -0.1) is 0 Å². The van der Waals surface area contributed by atoms with E-state index in [-0.39, 0.29) is 0 Å². The molecule has 0 atom stereocenters. The Kier molecular flexibility index (Phi) is 17.1. The van der Waals surface area contributed by atoms with Gasteiger partial charge in [-0.05, 0) is 198 Å². The highest BCUT2D eigenvalue weighted by Gasteiger charge is 2.24. The molecule has 0 aliphatic carbocycles. The standard InChI is InChI=1S/C59H37N3.C58H38N4/c1-3-15-38(16-4-1)54-36-43(37-55(60-54)39-17-5-2-6-18-39)62-57-26-14-12-24-50(57)53-34-41(28-32-59(53)62)40-27-31-58-52(33-40)49-23-11-13-25-56(49)61(58)42-29-30-48-46-21-8-7-19-44(46)45-20-9-10-22-47(45)51(48)35-42;1-5-17-39(18-6-1)45-35-51(41-21-9-3-10-22-41)59-57(37-45)61-53-27-15-13-25-47(53)49-33-43(29-31-55(49)61)44-30-32-56-50(34-44)48-26-14-16-28-54(48)62(56)58-38-46(40-19-7-2-8-20-40)36-52(60-58)42-23-11-4-12-24-42/h1-37H;1-38H. The second kappa shape index (κ2) is 29.7. The highest BCUT2D eigenvalue weighted by atomic mass is 15.1. The Labute approximate surface area is 715 Å². The van der Waals surface area contributed by atoms with E-state index < -0.39 is 0 Å². The van der Waals surface area contributed by atoms with Crippen molar-refractivity contribution >= 4 is 120 Å². The lowest BCUT2D eigenvalue weighted by molar-refractivity contribution is 1.08. The largest absolute Gasteiger partial charge is 0.309 e. The molecule has 578 valence electrons. The van der Waals surface area contributed by atoms with Crippen LogP contribution in [0.1, 0.15) is 0 Å². The van der Waals surface area contributed by atoms with Gasteiger partial charge in [-0.3, -0.25) is 9.13 Å². The first-order chi connectivity index (χ1) is 61.5. The van der Waals surface area contributed by atoms with E-state index in [0.717, 1.165) is 129 Å². The fraction of sp³-hybridized carbons (Fsp3) is 0. The van der Waals surface area contributed by atoms with Crippen LogP contribution in [0.2, 0.25) is 0 Å². The first-order valence-electron chi connectivity index (χ1n) is 42.4. The molecule has 7 heterocycles. The molecule has 7 nitrogen and oxygen atoms in total. The zero-order valence-corrected chi connectivity index (χ0v) is 67.4. The van der Waals surface area contributed by atoms with E-state index >= 15 is 0 Å². The average Bonchev–Trinajstić information content (AvgIpc) is 1.52. The predicted octanol–water partition coefficient (Wildman–Crippen LogP) is 30.7. The van der Waals surface area contributed by atoms with Crippen LogP contribution in [0, 0.1) is 0 Å². The summed E-state index contributed by atoms with van der Waals surface area (Å²) in [5, 5.41) is 17.4. The second-order valence-electron chi connectivity index (χ2n) is 32.1. The van der Waals surface area contributed by atoms with E-state index in [4.69, 9.17) is 15.0 Å². The zero-order valence-electron chi connectivity index (χ0n) is 67.4. The van der Waals surface area contributed by atoms with Gasteiger partial charge >= 0.3 is 0 Å². The maximum absolute atomic E-state index is 5.34. The molecule has 0 amide bonds. The molecule has 0 saturated carbocycles. The van der Waals surface area contributed by atoms with Gasteiger partial charge in [0.05, 0.1) is 72.6 Å². The maximum Gasteiger partial charge on any atom is 0.138 e. The Morgan fingerprint density at radius 3 is 0.710 bits per heavy atom. The summed E-state index contributed by atoms with van der Waals surface area (Å²) in [4.78, 5) is 15.9. The van der Waals surface area contributed by atoms with E-state index in [1.165, 1.54) is 103 Å². The third-order valence-corrected chi connectivity index (χ3v) is 25.0. The number of pyridine rings is 3. The van der Waals surface area contributed by atoms with Gasteiger partial charge in [-0.2, -0.15) is 0 Å².